The molecular formula is C18H21N3O2. The van der Waals surface area contributed by atoms with Crippen molar-refractivity contribution >= 4 is 17.4 Å². The van der Waals surface area contributed by atoms with E-state index in [4.69, 9.17) is 4.74 Å². The van der Waals surface area contributed by atoms with Crippen LogP contribution in [0.3, 0.4) is 0 Å². The predicted octanol–water partition coefficient (Wildman–Crippen LogP) is 3.44. The molecule has 1 aromatic carbocycles. The van der Waals surface area contributed by atoms with Crippen LogP contribution in [0.4, 0.5) is 11.5 Å². The van der Waals surface area contributed by atoms with E-state index in [-0.39, 0.29) is 11.8 Å². The molecule has 0 aliphatic heterocycles. The summed E-state index contributed by atoms with van der Waals surface area (Å²) in [5.41, 5.74) is 2.08. The number of methoxy groups -OCH3 is 1. The van der Waals surface area contributed by atoms with Crippen LogP contribution >= 0.6 is 0 Å². The van der Waals surface area contributed by atoms with Gasteiger partial charge in [0.15, 0.2) is 0 Å². The zero-order chi connectivity index (χ0) is 16.1. The molecule has 120 valence electrons. The quantitative estimate of drug-likeness (QED) is 0.858. The lowest BCUT2D eigenvalue weighted by Gasteiger charge is -2.23. The summed E-state index contributed by atoms with van der Waals surface area (Å²) in [6, 6.07) is 11.7. The second-order valence-electron chi connectivity index (χ2n) is 5.75. The van der Waals surface area contributed by atoms with Crippen LogP contribution in [0.2, 0.25) is 0 Å². The highest BCUT2D eigenvalue weighted by Crippen LogP contribution is 2.27. The first kappa shape index (κ1) is 15.3. The molecule has 5 heteroatoms. The highest BCUT2D eigenvalue weighted by atomic mass is 16.5. The van der Waals surface area contributed by atoms with Crippen molar-refractivity contribution < 1.29 is 9.53 Å². The molecule has 2 aromatic rings. The van der Waals surface area contributed by atoms with Crippen LogP contribution in [0.15, 0.2) is 42.6 Å². The van der Waals surface area contributed by atoms with Crippen molar-refractivity contribution in [1.82, 2.24) is 4.98 Å². The monoisotopic (exact) mass is 311 g/mol. The van der Waals surface area contributed by atoms with Gasteiger partial charge in [-0.3, -0.25) is 4.79 Å². The molecule has 0 unspecified atom stereocenters. The van der Waals surface area contributed by atoms with Crippen LogP contribution in [-0.4, -0.2) is 18.0 Å². The summed E-state index contributed by atoms with van der Waals surface area (Å²) >= 11 is 0. The average molecular weight is 311 g/mol. The van der Waals surface area contributed by atoms with E-state index in [0.717, 1.165) is 36.3 Å². The van der Waals surface area contributed by atoms with Crippen molar-refractivity contribution in [3.05, 3.63) is 48.2 Å². The number of amides is 1. The largest absolute Gasteiger partial charge is 0.497 e. The third-order valence-electron chi connectivity index (χ3n) is 4.15. The van der Waals surface area contributed by atoms with Gasteiger partial charge in [-0.15, -0.1) is 0 Å². The summed E-state index contributed by atoms with van der Waals surface area (Å²) < 4.78 is 5.14. The highest BCUT2D eigenvalue weighted by Gasteiger charge is 2.25. The second-order valence-corrected chi connectivity index (χ2v) is 5.75. The number of carbonyl (C=O) groups excluding carboxylic acids is 1. The first-order chi connectivity index (χ1) is 11.2. The van der Waals surface area contributed by atoms with Crippen molar-refractivity contribution in [3.8, 4) is 5.75 Å². The van der Waals surface area contributed by atoms with Gasteiger partial charge in [-0.1, -0.05) is 18.6 Å². The molecule has 0 saturated heterocycles. The van der Waals surface area contributed by atoms with Crippen LogP contribution in [-0.2, 0) is 11.3 Å². The van der Waals surface area contributed by atoms with E-state index < -0.39 is 0 Å². The number of benzene rings is 1. The maximum atomic E-state index is 11.9. The van der Waals surface area contributed by atoms with E-state index >= 15 is 0 Å². The smallest absolute Gasteiger partial charge is 0.228 e. The molecule has 1 heterocycles. The summed E-state index contributed by atoms with van der Waals surface area (Å²) in [6.45, 7) is 0.708. The van der Waals surface area contributed by atoms with Gasteiger partial charge in [-0.25, -0.2) is 4.98 Å². The number of carbonyl (C=O) groups is 1. The molecule has 1 amide bonds. The van der Waals surface area contributed by atoms with Gasteiger partial charge in [-0.05, 0) is 42.7 Å². The van der Waals surface area contributed by atoms with Crippen LogP contribution in [0.25, 0.3) is 0 Å². The minimum absolute atomic E-state index is 0.0858. The third kappa shape index (κ3) is 4.00. The minimum atomic E-state index is 0.0858. The standard InChI is InChI=1S/C18H21N3O2/c1-23-16-8-5-13(6-9-16)11-19-15-7-10-17(20-12-15)21-18(22)14-3-2-4-14/h5-10,12,14,19H,2-4,11H2,1H3,(H,20,21,22). The molecule has 23 heavy (non-hydrogen) atoms. The Morgan fingerprint density at radius 3 is 2.57 bits per heavy atom. The fourth-order valence-corrected chi connectivity index (χ4v) is 2.42. The Morgan fingerprint density at radius 1 is 1.22 bits per heavy atom. The van der Waals surface area contributed by atoms with Crippen LogP contribution in [0, 0.1) is 5.92 Å². The molecule has 0 bridgehead atoms. The van der Waals surface area contributed by atoms with Crippen LogP contribution in [0.1, 0.15) is 24.8 Å². The fraction of sp³-hybridized carbons (Fsp3) is 0.333. The minimum Gasteiger partial charge on any atom is -0.497 e. The number of aromatic nitrogens is 1. The molecule has 3 rings (SSSR count). The van der Waals surface area contributed by atoms with Crippen molar-refractivity contribution in [3.63, 3.8) is 0 Å². The van der Waals surface area contributed by atoms with Crippen LogP contribution in [0.5, 0.6) is 5.75 Å². The molecule has 0 atom stereocenters. The van der Waals surface area contributed by atoms with Gasteiger partial charge in [0.1, 0.15) is 11.6 Å². The van der Waals surface area contributed by atoms with Crippen molar-refractivity contribution in [1.29, 1.82) is 0 Å². The van der Waals surface area contributed by atoms with Crippen molar-refractivity contribution in [2.45, 2.75) is 25.8 Å². The van der Waals surface area contributed by atoms with Crippen molar-refractivity contribution in [2.75, 3.05) is 17.7 Å². The van der Waals surface area contributed by atoms with Gasteiger partial charge in [-0.2, -0.15) is 0 Å². The molecule has 5 nitrogen and oxygen atoms in total. The lowest BCUT2D eigenvalue weighted by Crippen LogP contribution is -2.28. The highest BCUT2D eigenvalue weighted by molar-refractivity contribution is 5.92. The molecule has 0 radical (unpaired) electrons. The fourth-order valence-electron chi connectivity index (χ4n) is 2.42. The van der Waals surface area contributed by atoms with Gasteiger partial charge in [0.25, 0.3) is 0 Å². The van der Waals surface area contributed by atoms with E-state index in [1.54, 1.807) is 13.3 Å². The summed E-state index contributed by atoms with van der Waals surface area (Å²) in [6.07, 6.45) is 4.88. The second kappa shape index (κ2) is 7.13. The summed E-state index contributed by atoms with van der Waals surface area (Å²) in [5, 5.41) is 6.17. The Labute approximate surface area is 136 Å². The molecule has 1 aromatic heterocycles. The predicted molar refractivity (Wildman–Crippen MR) is 90.5 cm³/mol. The average Bonchev–Trinajstić information content (AvgIpc) is 2.53. The first-order valence-corrected chi connectivity index (χ1v) is 7.88. The summed E-state index contributed by atoms with van der Waals surface area (Å²) in [7, 11) is 1.66. The van der Waals surface area contributed by atoms with Crippen molar-refractivity contribution in [2.24, 2.45) is 5.92 Å². The van der Waals surface area contributed by atoms with Gasteiger partial charge in [0.2, 0.25) is 5.91 Å². The number of ether oxygens (including phenoxy) is 1. The SMILES string of the molecule is COc1ccc(CNc2ccc(NC(=O)C3CCC3)nc2)cc1. The van der Waals surface area contributed by atoms with Gasteiger partial charge in [0, 0.05) is 12.5 Å². The summed E-state index contributed by atoms with van der Waals surface area (Å²) in [4.78, 5) is 16.2. The molecule has 1 fully saturated rings. The number of nitrogens with one attached hydrogen (secondary N) is 2. The Bertz CT molecular complexity index is 649. The zero-order valence-corrected chi connectivity index (χ0v) is 13.2. The topological polar surface area (TPSA) is 63.2 Å². The van der Waals surface area contributed by atoms with E-state index in [9.17, 15) is 4.79 Å². The van der Waals surface area contributed by atoms with Crippen LogP contribution < -0.4 is 15.4 Å². The number of nitrogens with zero attached hydrogens (tertiary/aromatic N) is 1. The maximum absolute atomic E-state index is 11.9. The summed E-state index contributed by atoms with van der Waals surface area (Å²) in [5.74, 6) is 1.71. The lowest BCUT2D eigenvalue weighted by molar-refractivity contribution is -0.122. The molecule has 2 N–H and O–H groups in total. The van der Waals surface area contributed by atoms with Gasteiger partial charge in [0.05, 0.1) is 19.0 Å². The van der Waals surface area contributed by atoms with Gasteiger partial charge >= 0.3 is 0 Å². The first-order valence-electron chi connectivity index (χ1n) is 7.88. The molecule has 1 aliphatic carbocycles. The van der Waals surface area contributed by atoms with Gasteiger partial charge < -0.3 is 15.4 Å². The number of hydrogen-bond acceptors (Lipinski definition) is 4. The Balaban J connectivity index is 1.51. The maximum Gasteiger partial charge on any atom is 0.228 e. The number of pyridine rings is 1. The molecule has 1 saturated carbocycles. The Morgan fingerprint density at radius 2 is 2.00 bits per heavy atom. The van der Waals surface area contributed by atoms with E-state index in [1.807, 2.05) is 36.4 Å². The Hall–Kier alpha value is -2.56. The van der Waals surface area contributed by atoms with E-state index in [2.05, 4.69) is 15.6 Å². The third-order valence-corrected chi connectivity index (χ3v) is 4.15. The number of anilines is 2. The molecule has 1 aliphatic rings. The molecular weight excluding hydrogens is 290 g/mol. The van der Waals surface area contributed by atoms with E-state index in [1.165, 1.54) is 0 Å². The lowest BCUT2D eigenvalue weighted by atomic mass is 9.85. The van der Waals surface area contributed by atoms with E-state index in [0.29, 0.717) is 12.4 Å². The zero-order valence-electron chi connectivity index (χ0n) is 13.2. The normalized spacial score (nSPS) is 14.0. The Kier molecular flexibility index (Phi) is 4.76. The number of rotatable bonds is 6. The number of hydrogen-bond donors (Lipinski definition) is 2. The molecule has 0 spiro atoms.